The van der Waals surface area contributed by atoms with Crippen molar-refractivity contribution in [1.29, 1.82) is 0 Å². The molecule has 72 valence electrons. The van der Waals surface area contributed by atoms with Gasteiger partial charge in [0.25, 0.3) is 0 Å². The molecule has 0 atom stereocenters. The third kappa shape index (κ3) is 2.31. The molecule has 1 aliphatic rings. The van der Waals surface area contributed by atoms with Gasteiger partial charge in [-0.25, -0.2) is 0 Å². The number of thioether (sulfide) groups is 1. The van der Waals surface area contributed by atoms with Gasteiger partial charge in [-0.2, -0.15) is 0 Å². The van der Waals surface area contributed by atoms with Gasteiger partial charge >= 0.3 is 0 Å². The van der Waals surface area contributed by atoms with Gasteiger partial charge in [-0.05, 0) is 42.2 Å². The van der Waals surface area contributed by atoms with E-state index in [2.05, 4.69) is 6.92 Å². The van der Waals surface area contributed by atoms with Gasteiger partial charge in [0.15, 0.2) is 11.5 Å². The van der Waals surface area contributed by atoms with Crippen LogP contribution in [0.25, 0.3) is 0 Å². The molecule has 13 heavy (non-hydrogen) atoms. The average molecular weight is 198 g/mol. The Balaban J connectivity index is 2.94. The predicted molar refractivity (Wildman–Crippen MR) is 56.6 cm³/mol. The van der Waals surface area contributed by atoms with Gasteiger partial charge in [0, 0.05) is 0 Å². The molecule has 0 unspecified atom stereocenters. The van der Waals surface area contributed by atoms with E-state index in [0.29, 0.717) is 5.76 Å². The van der Waals surface area contributed by atoms with Gasteiger partial charge in [-0.3, -0.25) is 0 Å². The summed E-state index contributed by atoms with van der Waals surface area (Å²) in [5.74, 6) is 0.787. The molecule has 0 aromatic heterocycles. The Morgan fingerprint density at radius 2 is 2.31 bits per heavy atom. The lowest BCUT2D eigenvalue weighted by Gasteiger charge is -2.13. The number of hydrogen-bond donors (Lipinski definition) is 1. The van der Waals surface area contributed by atoms with E-state index in [1.807, 2.05) is 12.3 Å². The Morgan fingerprint density at radius 1 is 1.62 bits per heavy atom. The van der Waals surface area contributed by atoms with Crippen LogP contribution in [0.4, 0.5) is 0 Å². The van der Waals surface area contributed by atoms with Gasteiger partial charge in [0.2, 0.25) is 0 Å². The summed E-state index contributed by atoms with van der Waals surface area (Å²) in [6.07, 6.45) is 6.49. The quantitative estimate of drug-likeness (QED) is 0.739. The van der Waals surface area contributed by atoms with Crippen LogP contribution in [0, 0.1) is 0 Å². The van der Waals surface area contributed by atoms with E-state index in [0.717, 1.165) is 6.42 Å². The maximum Gasteiger partial charge on any atom is 0.160 e. The molecule has 0 bridgehead atoms. The first-order valence-corrected chi connectivity index (χ1v) is 5.30. The summed E-state index contributed by atoms with van der Waals surface area (Å²) >= 11 is 1.71. The van der Waals surface area contributed by atoms with E-state index in [-0.39, 0.29) is 5.76 Å². The summed E-state index contributed by atoms with van der Waals surface area (Å²) in [5.41, 5.74) is 1.21. The molecule has 0 aliphatic heterocycles. The summed E-state index contributed by atoms with van der Waals surface area (Å²) in [7, 11) is 1.56. The van der Waals surface area contributed by atoms with Crippen LogP contribution in [-0.2, 0) is 4.74 Å². The molecule has 0 saturated heterocycles. The molecule has 0 amide bonds. The highest BCUT2D eigenvalue weighted by Gasteiger charge is 2.11. The molecule has 0 radical (unpaired) electrons. The second-order valence-electron chi connectivity index (χ2n) is 2.79. The number of allylic oxidation sites excluding steroid dienone is 4. The van der Waals surface area contributed by atoms with Gasteiger partial charge in [-0.15, -0.1) is 11.8 Å². The molecular formula is C10H14O2S. The zero-order chi connectivity index (χ0) is 9.84. The molecule has 0 spiro atoms. The van der Waals surface area contributed by atoms with Crippen molar-refractivity contribution in [3.8, 4) is 0 Å². The highest BCUT2D eigenvalue weighted by molar-refractivity contribution is 8.02. The molecule has 2 nitrogen and oxygen atoms in total. The zero-order valence-corrected chi connectivity index (χ0v) is 8.94. The molecule has 3 heteroatoms. The zero-order valence-electron chi connectivity index (χ0n) is 8.13. The minimum atomic E-state index is 0.236. The first-order valence-electron chi connectivity index (χ1n) is 4.08. The van der Waals surface area contributed by atoms with Crippen LogP contribution in [-0.4, -0.2) is 18.5 Å². The van der Waals surface area contributed by atoms with Gasteiger partial charge in [0.05, 0.1) is 7.11 Å². The minimum absolute atomic E-state index is 0.236. The standard InChI is InChI=1S/C10H14O2S/c1-7(13-3)8-4-5-9(11)10(6-8)12-2/h5-6,11H,4H2,1-3H3/b8-7-. The number of ether oxygens (including phenoxy) is 1. The highest BCUT2D eigenvalue weighted by Crippen LogP contribution is 2.27. The lowest BCUT2D eigenvalue weighted by molar-refractivity contribution is 0.253. The maximum atomic E-state index is 9.38. The van der Waals surface area contributed by atoms with Crippen LogP contribution in [0.1, 0.15) is 13.3 Å². The second-order valence-corrected chi connectivity index (χ2v) is 3.81. The molecule has 0 aromatic rings. The van der Waals surface area contributed by atoms with Crippen molar-refractivity contribution in [3.05, 3.63) is 34.1 Å². The predicted octanol–water partition coefficient (Wildman–Crippen LogP) is 3.00. The van der Waals surface area contributed by atoms with Crippen molar-refractivity contribution in [2.24, 2.45) is 0 Å². The van der Waals surface area contributed by atoms with Crippen LogP contribution >= 0.6 is 11.8 Å². The van der Waals surface area contributed by atoms with E-state index in [4.69, 9.17) is 4.74 Å². The van der Waals surface area contributed by atoms with Crippen molar-refractivity contribution in [1.82, 2.24) is 0 Å². The fraction of sp³-hybridized carbons (Fsp3) is 0.400. The van der Waals surface area contributed by atoms with Crippen LogP contribution in [0.2, 0.25) is 0 Å². The van der Waals surface area contributed by atoms with Gasteiger partial charge in [0.1, 0.15) is 0 Å². The molecule has 1 N–H and O–H groups in total. The minimum Gasteiger partial charge on any atom is -0.504 e. The third-order valence-corrected chi connectivity index (χ3v) is 2.93. The van der Waals surface area contributed by atoms with Gasteiger partial charge in [-0.1, -0.05) is 0 Å². The van der Waals surface area contributed by atoms with Crippen LogP contribution < -0.4 is 0 Å². The molecule has 1 aliphatic carbocycles. The summed E-state index contributed by atoms with van der Waals surface area (Å²) in [4.78, 5) is 1.26. The summed E-state index contributed by atoms with van der Waals surface area (Å²) in [5, 5.41) is 9.38. The maximum absolute atomic E-state index is 9.38. The number of methoxy groups -OCH3 is 1. The fourth-order valence-corrected chi connectivity index (χ4v) is 1.54. The molecule has 0 saturated carbocycles. The van der Waals surface area contributed by atoms with E-state index < -0.39 is 0 Å². The average Bonchev–Trinajstić information content (AvgIpc) is 2.17. The Bertz CT molecular complexity index is 287. The molecule has 0 fully saturated rings. The van der Waals surface area contributed by atoms with Crippen molar-refractivity contribution in [3.63, 3.8) is 0 Å². The summed E-state index contributed by atoms with van der Waals surface area (Å²) < 4.78 is 5.03. The normalized spacial score (nSPS) is 20.5. The Morgan fingerprint density at radius 3 is 2.85 bits per heavy atom. The highest BCUT2D eigenvalue weighted by atomic mass is 32.2. The number of aliphatic hydroxyl groups excluding tert-OH is 1. The monoisotopic (exact) mass is 198 g/mol. The van der Waals surface area contributed by atoms with Crippen molar-refractivity contribution >= 4 is 11.8 Å². The molecular weight excluding hydrogens is 184 g/mol. The number of aliphatic hydroxyl groups is 1. The van der Waals surface area contributed by atoms with Crippen LogP contribution in [0.15, 0.2) is 34.1 Å². The molecule has 0 heterocycles. The van der Waals surface area contributed by atoms with Crippen molar-refractivity contribution < 1.29 is 9.84 Å². The SMILES string of the molecule is COC1=C/C(=C(/C)SC)CC=C1O. The van der Waals surface area contributed by atoms with Gasteiger partial charge < -0.3 is 9.84 Å². The van der Waals surface area contributed by atoms with E-state index in [9.17, 15) is 5.11 Å². The Hall–Kier alpha value is -0.830. The molecule has 0 aromatic carbocycles. The van der Waals surface area contributed by atoms with E-state index in [1.165, 1.54) is 10.5 Å². The Kier molecular flexibility index (Phi) is 3.48. The van der Waals surface area contributed by atoms with E-state index >= 15 is 0 Å². The number of rotatable bonds is 2. The largest absolute Gasteiger partial charge is 0.504 e. The lowest BCUT2D eigenvalue weighted by atomic mass is 10.1. The summed E-state index contributed by atoms with van der Waals surface area (Å²) in [6, 6.07) is 0. The fourth-order valence-electron chi connectivity index (χ4n) is 1.14. The lowest BCUT2D eigenvalue weighted by Crippen LogP contribution is -1.99. The number of hydrogen-bond acceptors (Lipinski definition) is 3. The Labute approximate surface area is 83.0 Å². The topological polar surface area (TPSA) is 29.5 Å². The van der Waals surface area contributed by atoms with Crippen LogP contribution in [0.3, 0.4) is 0 Å². The van der Waals surface area contributed by atoms with Crippen molar-refractivity contribution in [2.45, 2.75) is 13.3 Å². The third-order valence-electron chi connectivity index (χ3n) is 2.05. The van der Waals surface area contributed by atoms with Crippen LogP contribution in [0.5, 0.6) is 0 Å². The first kappa shape index (κ1) is 10.3. The first-order chi connectivity index (χ1) is 6.19. The van der Waals surface area contributed by atoms with Crippen molar-refractivity contribution in [2.75, 3.05) is 13.4 Å². The smallest absolute Gasteiger partial charge is 0.160 e. The second kappa shape index (κ2) is 4.42. The summed E-state index contributed by atoms with van der Waals surface area (Å²) in [6.45, 7) is 2.07. The van der Waals surface area contributed by atoms with E-state index in [1.54, 1.807) is 24.9 Å². The molecule has 1 rings (SSSR count).